The summed E-state index contributed by atoms with van der Waals surface area (Å²) in [4.78, 5) is 29.6. The van der Waals surface area contributed by atoms with Crippen molar-refractivity contribution in [3.8, 4) is 0 Å². The molecule has 4 N–H and O–H groups in total. The van der Waals surface area contributed by atoms with E-state index in [1.54, 1.807) is 0 Å². The zero-order chi connectivity index (χ0) is 33.7. The number of aliphatic carboxylic acids is 2. The molecule has 0 aromatic rings. The van der Waals surface area contributed by atoms with Crippen LogP contribution in [0.2, 0.25) is 0 Å². The van der Waals surface area contributed by atoms with Gasteiger partial charge in [-0.05, 0) is 81.1 Å². The van der Waals surface area contributed by atoms with Gasteiger partial charge in [0.15, 0.2) is 22.2 Å². The van der Waals surface area contributed by atoms with Crippen molar-refractivity contribution in [3.05, 3.63) is 22.0 Å². The number of rotatable bonds is 17. The quantitative estimate of drug-likeness (QED) is 0.102. The molecular weight excluding hydrogens is 604 g/mol. The summed E-state index contributed by atoms with van der Waals surface area (Å²) in [5, 5.41) is 19.8. The van der Waals surface area contributed by atoms with Gasteiger partial charge >= 0.3 is 11.9 Å². The smallest absolute Gasteiger partial charge is 0.309 e. The van der Waals surface area contributed by atoms with Gasteiger partial charge in [-0.25, -0.2) is 8.42 Å². The van der Waals surface area contributed by atoms with Gasteiger partial charge in [-0.15, -0.1) is 0 Å². The first kappa shape index (κ1) is 38.7. The minimum Gasteiger partial charge on any atom is -0.481 e. The maximum atomic E-state index is 13.3. The summed E-state index contributed by atoms with van der Waals surface area (Å²) in [5.41, 5.74) is -3.06. The topological polar surface area (TPSA) is 156 Å². The van der Waals surface area contributed by atoms with Crippen LogP contribution in [0.4, 0.5) is 0 Å². The third-order valence-corrected chi connectivity index (χ3v) is 11.1. The zero-order valence-electron chi connectivity index (χ0n) is 28.0. The average molecular weight is 661 g/mol. The normalized spacial score (nSPS) is 24.0. The number of unbranched alkanes of at least 4 members (excludes halogenated alkanes) is 4. The second-order valence-corrected chi connectivity index (χ2v) is 17.1. The number of hydrogen-bond acceptors (Lipinski definition) is 6. The Hall–Kier alpha value is -1.44. The van der Waals surface area contributed by atoms with Crippen LogP contribution in [0.3, 0.4) is 0 Å². The summed E-state index contributed by atoms with van der Waals surface area (Å²) in [7, 11) is 0. The minimum absolute atomic E-state index is 0.141. The second-order valence-electron chi connectivity index (χ2n) is 15.1. The Morgan fingerprint density at radius 2 is 1.09 bits per heavy atom. The van der Waals surface area contributed by atoms with Crippen LogP contribution in [0.1, 0.15) is 126 Å². The SMILES string of the molecule is CC1(C)C=C(S(=O)O)CC(C)(C)N1CCC(CCCCCCCC(=O)O)(CCN1C(C)(C)C=C(S(=O)O)CC1(C)C)C(=O)O. The highest BCUT2D eigenvalue weighted by Crippen LogP contribution is 2.44. The first-order valence-corrected chi connectivity index (χ1v) is 17.9. The first-order chi connectivity index (χ1) is 20.1. The molecule has 0 spiro atoms. The lowest BCUT2D eigenvalue weighted by Gasteiger charge is -2.53. The molecule has 44 heavy (non-hydrogen) atoms. The molecule has 0 radical (unpaired) electrons. The molecule has 0 amide bonds. The number of nitrogens with zero attached hydrogens (tertiary/aromatic N) is 2. The van der Waals surface area contributed by atoms with Crippen molar-refractivity contribution in [2.45, 2.75) is 148 Å². The van der Waals surface area contributed by atoms with E-state index >= 15 is 0 Å². The Morgan fingerprint density at radius 3 is 1.43 bits per heavy atom. The van der Waals surface area contributed by atoms with E-state index in [1.165, 1.54) is 0 Å². The largest absolute Gasteiger partial charge is 0.481 e. The first-order valence-electron chi connectivity index (χ1n) is 15.7. The van der Waals surface area contributed by atoms with Crippen LogP contribution in [-0.2, 0) is 31.7 Å². The van der Waals surface area contributed by atoms with Crippen LogP contribution >= 0.6 is 0 Å². The molecule has 0 saturated heterocycles. The van der Waals surface area contributed by atoms with Crippen molar-refractivity contribution in [3.63, 3.8) is 0 Å². The van der Waals surface area contributed by atoms with Crippen LogP contribution in [0.5, 0.6) is 0 Å². The molecule has 0 aromatic carbocycles. The average Bonchev–Trinajstić information content (AvgIpc) is 2.84. The molecule has 0 aromatic heterocycles. The van der Waals surface area contributed by atoms with Crippen LogP contribution in [0, 0.1) is 5.41 Å². The minimum atomic E-state index is -2.06. The third kappa shape index (κ3) is 10.0. The maximum absolute atomic E-state index is 13.3. The molecule has 0 bridgehead atoms. The molecule has 2 rings (SSSR count). The molecule has 0 fully saturated rings. The van der Waals surface area contributed by atoms with Crippen molar-refractivity contribution >= 4 is 34.1 Å². The van der Waals surface area contributed by atoms with E-state index in [2.05, 4.69) is 9.80 Å². The Bertz CT molecular complexity index is 1090. The fourth-order valence-corrected chi connectivity index (χ4v) is 9.40. The zero-order valence-corrected chi connectivity index (χ0v) is 29.6. The summed E-state index contributed by atoms with van der Waals surface area (Å²) in [6.07, 6.45) is 9.68. The molecule has 2 aliphatic heterocycles. The van der Waals surface area contributed by atoms with Crippen LogP contribution in [0.25, 0.3) is 0 Å². The van der Waals surface area contributed by atoms with Gasteiger partial charge in [0.05, 0.1) is 5.41 Å². The van der Waals surface area contributed by atoms with Gasteiger partial charge < -0.3 is 19.3 Å². The predicted molar refractivity (Wildman–Crippen MR) is 176 cm³/mol. The Kier molecular flexibility index (Phi) is 13.2. The molecule has 2 unspecified atom stereocenters. The van der Waals surface area contributed by atoms with E-state index in [0.29, 0.717) is 67.8 Å². The van der Waals surface area contributed by atoms with E-state index in [9.17, 15) is 32.2 Å². The lowest BCUT2D eigenvalue weighted by atomic mass is 9.74. The Morgan fingerprint density at radius 1 is 0.705 bits per heavy atom. The lowest BCUT2D eigenvalue weighted by Crippen LogP contribution is -2.59. The molecule has 2 heterocycles. The monoisotopic (exact) mass is 660 g/mol. The second kappa shape index (κ2) is 15.0. The Balaban J connectivity index is 2.35. The number of carbonyl (C=O) groups is 2. The van der Waals surface area contributed by atoms with Crippen LogP contribution in [0.15, 0.2) is 22.0 Å². The highest BCUT2D eigenvalue weighted by atomic mass is 32.2. The van der Waals surface area contributed by atoms with E-state index in [4.69, 9.17) is 5.11 Å². The molecule has 2 aliphatic rings. The summed E-state index contributed by atoms with van der Waals surface area (Å²) < 4.78 is 43.6. The van der Waals surface area contributed by atoms with Gasteiger partial charge in [-0.2, -0.15) is 0 Å². The van der Waals surface area contributed by atoms with Gasteiger partial charge in [0.25, 0.3) is 0 Å². The van der Waals surface area contributed by atoms with Gasteiger partial charge in [0, 0.05) is 64.3 Å². The van der Waals surface area contributed by atoms with E-state index < -0.39 is 61.7 Å². The molecule has 2 atom stereocenters. The summed E-state index contributed by atoms with van der Waals surface area (Å²) in [6.45, 7) is 17.1. The number of carboxylic acids is 2. The fourth-order valence-electron chi connectivity index (χ4n) is 7.67. The van der Waals surface area contributed by atoms with Crippen molar-refractivity contribution in [2.24, 2.45) is 5.41 Å². The van der Waals surface area contributed by atoms with Gasteiger partial charge in [0.1, 0.15) is 0 Å². The molecular formula is C32H56N2O8S2. The van der Waals surface area contributed by atoms with E-state index in [0.717, 1.165) is 19.3 Å². The number of hydrogen-bond donors (Lipinski definition) is 4. The van der Waals surface area contributed by atoms with Crippen molar-refractivity contribution in [2.75, 3.05) is 13.1 Å². The lowest BCUT2D eigenvalue weighted by molar-refractivity contribution is -0.152. The highest BCUT2D eigenvalue weighted by molar-refractivity contribution is 7.83. The van der Waals surface area contributed by atoms with Gasteiger partial charge in [-0.1, -0.05) is 37.8 Å². The summed E-state index contributed by atoms with van der Waals surface area (Å²) >= 11 is -4.13. The fraction of sp³-hybridized carbons (Fsp3) is 0.812. The number of carboxylic acid groups (broad SMARTS) is 2. The highest BCUT2D eigenvalue weighted by Gasteiger charge is 2.47. The van der Waals surface area contributed by atoms with Crippen molar-refractivity contribution in [1.82, 2.24) is 9.80 Å². The molecule has 0 aliphatic carbocycles. The van der Waals surface area contributed by atoms with Crippen LogP contribution < -0.4 is 0 Å². The summed E-state index contributed by atoms with van der Waals surface area (Å²) in [6, 6.07) is 0. The van der Waals surface area contributed by atoms with Gasteiger partial charge in [-0.3, -0.25) is 19.4 Å². The van der Waals surface area contributed by atoms with Crippen molar-refractivity contribution in [1.29, 1.82) is 0 Å². The van der Waals surface area contributed by atoms with Crippen LogP contribution in [-0.4, -0.2) is 84.7 Å². The van der Waals surface area contributed by atoms with E-state index in [-0.39, 0.29) is 6.42 Å². The molecule has 254 valence electrons. The Labute approximate surface area is 269 Å². The summed E-state index contributed by atoms with van der Waals surface area (Å²) in [5.74, 6) is -1.65. The molecule has 12 heteroatoms. The van der Waals surface area contributed by atoms with Gasteiger partial charge in [0.2, 0.25) is 0 Å². The van der Waals surface area contributed by atoms with Crippen molar-refractivity contribution < 1.29 is 37.3 Å². The molecule has 10 nitrogen and oxygen atoms in total. The predicted octanol–water partition coefficient (Wildman–Crippen LogP) is 6.39. The standard InChI is InChI=1S/C32H56N2O8S2/c1-28(2)20-24(43(39)40)21-29(3,4)33(28)18-16-32(27(37)38,15-13-11-9-10-12-14-26(35)36)17-19-34-30(5,6)22-25(44(41)42)23-31(34,7)8/h20,22H,9-19,21,23H2,1-8H3,(H,35,36)(H,37,38)(H,39,40)(H,41,42). The maximum Gasteiger partial charge on any atom is 0.309 e. The van der Waals surface area contributed by atoms with E-state index in [1.807, 2.05) is 67.5 Å². The molecule has 0 saturated carbocycles. The third-order valence-electron chi connectivity index (χ3n) is 9.67.